The van der Waals surface area contributed by atoms with Crippen LogP contribution in [0.3, 0.4) is 0 Å². The van der Waals surface area contributed by atoms with E-state index in [0.717, 1.165) is 22.3 Å². The van der Waals surface area contributed by atoms with E-state index in [0.29, 0.717) is 0 Å². The van der Waals surface area contributed by atoms with E-state index in [1.165, 1.54) is 0 Å². The number of aryl methyl sites for hydroxylation is 1. The van der Waals surface area contributed by atoms with Crippen LogP contribution in [0.25, 0.3) is 22.3 Å². The predicted octanol–water partition coefficient (Wildman–Crippen LogP) is 2.03. The van der Waals surface area contributed by atoms with Gasteiger partial charge >= 0.3 is 0 Å². The van der Waals surface area contributed by atoms with Gasteiger partial charge in [-0.3, -0.25) is 4.68 Å². The van der Waals surface area contributed by atoms with E-state index >= 15 is 0 Å². The fourth-order valence-corrected chi connectivity index (χ4v) is 1.83. The first-order valence-electron chi connectivity index (χ1n) is 5.04. The van der Waals surface area contributed by atoms with Crippen molar-refractivity contribution in [2.45, 2.75) is 0 Å². The average Bonchev–Trinajstić information content (AvgIpc) is 2.69. The minimum Gasteiger partial charge on any atom is -0.267 e. The Kier molecular flexibility index (Phi) is 1.93. The first kappa shape index (κ1) is 9.03. The van der Waals surface area contributed by atoms with Crippen LogP contribution >= 0.6 is 0 Å². The molecular weight excluding hydrogens is 200 g/mol. The number of fused-ring (bicyclic) bond motifs is 1. The summed E-state index contributed by atoms with van der Waals surface area (Å²) in [6.07, 6.45) is 3.27. The van der Waals surface area contributed by atoms with Gasteiger partial charge in [0.15, 0.2) is 0 Å². The summed E-state index contributed by atoms with van der Waals surface area (Å²) in [5, 5.41) is 5.60. The fourth-order valence-electron chi connectivity index (χ4n) is 1.83. The molecule has 78 valence electrons. The largest absolute Gasteiger partial charge is 0.267 e. The molecule has 0 saturated carbocycles. The zero-order chi connectivity index (χ0) is 11.0. The Morgan fingerprint density at radius 2 is 2.00 bits per heavy atom. The van der Waals surface area contributed by atoms with Gasteiger partial charge in [-0.25, -0.2) is 9.97 Å². The zero-order valence-electron chi connectivity index (χ0n) is 8.83. The number of para-hydroxylation sites is 1. The maximum Gasteiger partial charge on any atom is 0.119 e. The third-order valence-electron chi connectivity index (χ3n) is 2.58. The fraction of sp³-hybridized carbons (Fsp3) is 0.0833. The Hall–Kier alpha value is -2.23. The molecule has 0 aliphatic heterocycles. The van der Waals surface area contributed by atoms with Gasteiger partial charge < -0.3 is 0 Å². The van der Waals surface area contributed by atoms with Crippen LogP contribution in [0.15, 0.2) is 42.9 Å². The summed E-state index contributed by atoms with van der Waals surface area (Å²) >= 11 is 0. The van der Waals surface area contributed by atoms with Crippen molar-refractivity contribution in [2.24, 2.45) is 7.05 Å². The van der Waals surface area contributed by atoms with Crippen molar-refractivity contribution in [2.75, 3.05) is 0 Å². The first-order chi connectivity index (χ1) is 7.86. The highest BCUT2D eigenvalue weighted by molar-refractivity contribution is 5.92. The van der Waals surface area contributed by atoms with E-state index in [2.05, 4.69) is 21.1 Å². The summed E-state index contributed by atoms with van der Waals surface area (Å²) in [6, 6.07) is 9.99. The summed E-state index contributed by atoms with van der Waals surface area (Å²) < 4.78 is 1.87. The quantitative estimate of drug-likeness (QED) is 0.617. The summed E-state index contributed by atoms with van der Waals surface area (Å²) in [6.45, 7) is 0. The van der Waals surface area contributed by atoms with Crippen molar-refractivity contribution in [3.8, 4) is 11.4 Å². The van der Waals surface area contributed by atoms with E-state index in [-0.39, 0.29) is 0 Å². The van der Waals surface area contributed by atoms with Crippen molar-refractivity contribution >= 4 is 10.9 Å². The molecule has 0 amide bonds. The molecule has 0 bridgehead atoms. The number of nitrogens with zero attached hydrogens (tertiary/aromatic N) is 4. The Morgan fingerprint density at radius 3 is 2.81 bits per heavy atom. The number of aromatic nitrogens is 4. The monoisotopic (exact) mass is 210 g/mol. The molecule has 0 radical (unpaired) electrons. The van der Waals surface area contributed by atoms with Crippen LogP contribution in [-0.2, 0) is 7.05 Å². The summed E-state index contributed by atoms with van der Waals surface area (Å²) in [7, 11) is 1.94. The predicted molar refractivity (Wildman–Crippen MR) is 61.7 cm³/mol. The van der Waals surface area contributed by atoms with Crippen molar-refractivity contribution < 1.29 is 0 Å². The van der Waals surface area contributed by atoms with Gasteiger partial charge in [0.05, 0.1) is 11.2 Å². The number of hydrogen-bond acceptors (Lipinski definition) is 3. The third-order valence-corrected chi connectivity index (χ3v) is 2.58. The maximum absolute atomic E-state index is 4.49. The van der Waals surface area contributed by atoms with E-state index < -0.39 is 0 Å². The molecule has 3 aromatic rings. The van der Waals surface area contributed by atoms with Crippen molar-refractivity contribution in [1.29, 1.82) is 0 Å². The van der Waals surface area contributed by atoms with Gasteiger partial charge in [0, 0.05) is 18.6 Å². The molecule has 16 heavy (non-hydrogen) atoms. The Labute approximate surface area is 92.6 Å². The van der Waals surface area contributed by atoms with E-state index in [1.807, 2.05) is 36.0 Å². The van der Waals surface area contributed by atoms with E-state index in [9.17, 15) is 0 Å². The van der Waals surface area contributed by atoms with Gasteiger partial charge in [0.1, 0.15) is 12.0 Å². The molecule has 2 aromatic heterocycles. The van der Waals surface area contributed by atoms with Crippen LogP contribution in [0.5, 0.6) is 0 Å². The van der Waals surface area contributed by atoms with Gasteiger partial charge in [-0.2, -0.15) is 5.10 Å². The lowest BCUT2D eigenvalue weighted by atomic mass is 10.1. The molecule has 0 atom stereocenters. The van der Waals surface area contributed by atoms with Gasteiger partial charge in [0.2, 0.25) is 0 Å². The van der Waals surface area contributed by atoms with E-state index in [4.69, 9.17) is 0 Å². The van der Waals surface area contributed by atoms with Gasteiger partial charge in [-0.15, -0.1) is 0 Å². The van der Waals surface area contributed by atoms with E-state index in [1.54, 1.807) is 12.5 Å². The molecule has 0 fully saturated rings. The van der Waals surface area contributed by atoms with Crippen molar-refractivity contribution in [3.05, 3.63) is 42.9 Å². The average molecular weight is 210 g/mol. The number of hydrogen-bond donors (Lipinski definition) is 0. The Bertz CT molecular complexity index is 628. The van der Waals surface area contributed by atoms with Gasteiger partial charge in [-0.05, 0) is 12.1 Å². The minimum atomic E-state index is 0.854. The van der Waals surface area contributed by atoms with Crippen LogP contribution < -0.4 is 0 Å². The molecule has 2 heterocycles. The molecule has 0 aliphatic carbocycles. The SMILES string of the molecule is Cn1nc(-c2ccncn2)c2ccccc21. The molecule has 4 heteroatoms. The highest BCUT2D eigenvalue weighted by Gasteiger charge is 2.10. The second kappa shape index (κ2) is 3.41. The lowest BCUT2D eigenvalue weighted by Crippen LogP contribution is -1.90. The standard InChI is InChI=1S/C12H10N4/c1-16-11-5-3-2-4-9(11)12(15-16)10-6-7-13-8-14-10/h2-8H,1H3. The molecule has 0 unspecified atom stereocenters. The van der Waals surface area contributed by atoms with Crippen molar-refractivity contribution in [1.82, 2.24) is 19.7 Å². The maximum atomic E-state index is 4.49. The molecule has 3 rings (SSSR count). The number of rotatable bonds is 1. The minimum absolute atomic E-state index is 0.854. The smallest absolute Gasteiger partial charge is 0.119 e. The molecule has 0 aliphatic rings. The summed E-state index contributed by atoms with van der Waals surface area (Å²) in [4.78, 5) is 8.14. The molecule has 0 saturated heterocycles. The third kappa shape index (κ3) is 1.27. The molecular formula is C12H10N4. The normalized spacial score (nSPS) is 10.8. The van der Waals surface area contributed by atoms with Gasteiger partial charge in [-0.1, -0.05) is 18.2 Å². The highest BCUT2D eigenvalue weighted by Crippen LogP contribution is 2.25. The lowest BCUT2D eigenvalue weighted by Gasteiger charge is -1.94. The van der Waals surface area contributed by atoms with Crippen LogP contribution in [0, 0.1) is 0 Å². The van der Waals surface area contributed by atoms with Crippen LogP contribution in [-0.4, -0.2) is 19.7 Å². The summed E-state index contributed by atoms with van der Waals surface area (Å²) in [5.74, 6) is 0. The molecule has 0 spiro atoms. The van der Waals surface area contributed by atoms with Gasteiger partial charge in [0.25, 0.3) is 0 Å². The Balaban J connectivity index is 2.33. The second-order valence-electron chi connectivity index (χ2n) is 3.58. The lowest BCUT2D eigenvalue weighted by molar-refractivity contribution is 0.799. The van der Waals surface area contributed by atoms with Crippen LogP contribution in [0.1, 0.15) is 0 Å². The van der Waals surface area contributed by atoms with Crippen LogP contribution in [0.4, 0.5) is 0 Å². The van der Waals surface area contributed by atoms with Crippen molar-refractivity contribution in [3.63, 3.8) is 0 Å². The molecule has 1 aromatic carbocycles. The topological polar surface area (TPSA) is 43.6 Å². The first-order valence-corrected chi connectivity index (χ1v) is 5.04. The Morgan fingerprint density at radius 1 is 1.12 bits per heavy atom. The van der Waals surface area contributed by atoms with Crippen LogP contribution in [0.2, 0.25) is 0 Å². The zero-order valence-corrected chi connectivity index (χ0v) is 8.83. The highest BCUT2D eigenvalue weighted by atomic mass is 15.3. The summed E-state index contributed by atoms with van der Waals surface area (Å²) in [5.41, 5.74) is 2.86. The second-order valence-corrected chi connectivity index (χ2v) is 3.58. The molecule has 4 nitrogen and oxygen atoms in total. The number of benzene rings is 1. The molecule has 0 N–H and O–H groups in total.